The van der Waals surface area contributed by atoms with Crippen LogP contribution in [-0.4, -0.2) is 26.4 Å². The third-order valence-corrected chi connectivity index (χ3v) is 5.45. The molecule has 2 aromatic carbocycles. The highest BCUT2D eigenvalue weighted by atomic mass is 32.2. The second-order valence-corrected chi connectivity index (χ2v) is 7.67. The van der Waals surface area contributed by atoms with Gasteiger partial charge in [-0.15, -0.1) is 0 Å². The van der Waals surface area contributed by atoms with Gasteiger partial charge >= 0.3 is 0 Å². The Morgan fingerprint density at radius 3 is 2.41 bits per heavy atom. The van der Waals surface area contributed by atoms with E-state index in [1.807, 2.05) is 30.3 Å². The predicted octanol–water partition coefficient (Wildman–Crippen LogP) is 2.84. The largest absolute Gasteiger partial charge is 0.311 e. The zero-order valence-corrected chi connectivity index (χ0v) is 15.6. The molecule has 0 bridgehead atoms. The lowest BCUT2D eigenvalue weighted by molar-refractivity contribution is 0.0993. The second-order valence-electron chi connectivity index (χ2n) is 5.91. The highest BCUT2D eigenvalue weighted by Gasteiger charge is 2.18. The van der Waals surface area contributed by atoms with Crippen LogP contribution in [0.1, 0.15) is 15.9 Å². The average molecular weight is 381 g/mol. The van der Waals surface area contributed by atoms with Crippen LogP contribution in [0.2, 0.25) is 0 Å². The summed E-state index contributed by atoms with van der Waals surface area (Å²) in [6, 6.07) is 18.6. The van der Waals surface area contributed by atoms with E-state index >= 15 is 0 Å². The number of rotatable bonds is 6. The number of nitrogens with zero attached hydrogens (tertiary/aromatic N) is 2. The van der Waals surface area contributed by atoms with Gasteiger partial charge in [0.2, 0.25) is 10.0 Å². The molecule has 0 saturated heterocycles. The summed E-state index contributed by atoms with van der Waals surface area (Å²) in [5, 5.41) is 0. The van der Waals surface area contributed by atoms with Crippen molar-refractivity contribution in [2.24, 2.45) is 0 Å². The number of pyridine rings is 1. The first kappa shape index (κ1) is 18.8. The van der Waals surface area contributed by atoms with Gasteiger partial charge in [0.15, 0.2) is 0 Å². The van der Waals surface area contributed by atoms with Crippen molar-refractivity contribution in [3.05, 3.63) is 90.3 Å². The van der Waals surface area contributed by atoms with Crippen molar-refractivity contribution in [2.75, 3.05) is 11.9 Å². The summed E-state index contributed by atoms with van der Waals surface area (Å²) in [4.78, 5) is 18.1. The van der Waals surface area contributed by atoms with Crippen LogP contribution in [0.4, 0.5) is 5.69 Å². The minimum Gasteiger partial charge on any atom is -0.311 e. The Balaban J connectivity index is 1.79. The zero-order valence-electron chi connectivity index (χ0n) is 14.7. The molecule has 0 spiro atoms. The van der Waals surface area contributed by atoms with Gasteiger partial charge in [0.1, 0.15) is 0 Å². The van der Waals surface area contributed by atoms with Crippen LogP contribution in [0.5, 0.6) is 0 Å². The van der Waals surface area contributed by atoms with E-state index in [4.69, 9.17) is 0 Å². The van der Waals surface area contributed by atoms with Gasteiger partial charge < -0.3 is 4.90 Å². The van der Waals surface area contributed by atoms with E-state index in [-0.39, 0.29) is 17.3 Å². The lowest BCUT2D eigenvalue weighted by Crippen LogP contribution is -2.27. The number of anilines is 1. The van der Waals surface area contributed by atoms with E-state index in [9.17, 15) is 13.2 Å². The number of hydrogen-bond acceptors (Lipinski definition) is 4. The normalized spacial score (nSPS) is 11.1. The third-order valence-electron chi connectivity index (χ3n) is 4.06. The fraction of sp³-hybridized carbons (Fsp3) is 0.100. The maximum absolute atomic E-state index is 12.7. The Bertz CT molecular complexity index is 1020. The number of carbonyl (C=O) groups is 1. The molecule has 3 rings (SSSR count). The molecule has 0 radical (unpaired) electrons. The Hall–Kier alpha value is -3.03. The number of nitrogens with one attached hydrogen (secondary N) is 1. The van der Waals surface area contributed by atoms with Gasteiger partial charge in [0, 0.05) is 37.2 Å². The van der Waals surface area contributed by atoms with Crippen molar-refractivity contribution < 1.29 is 13.2 Å². The molecule has 27 heavy (non-hydrogen) atoms. The molecule has 1 heterocycles. The van der Waals surface area contributed by atoms with E-state index < -0.39 is 10.0 Å². The number of amides is 1. The molecule has 0 fully saturated rings. The summed E-state index contributed by atoms with van der Waals surface area (Å²) in [7, 11) is -2.09. The average Bonchev–Trinajstić information content (AvgIpc) is 2.73. The van der Waals surface area contributed by atoms with Crippen molar-refractivity contribution in [1.82, 2.24) is 9.71 Å². The van der Waals surface area contributed by atoms with Gasteiger partial charge in [-0.1, -0.05) is 24.3 Å². The SMILES string of the molecule is CN(C(=O)c1cccc(S(=O)(=O)NCc2ccncc2)c1)c1ccccc1. The van der Waals surface area contributed by atoms with Gasteiger partial charge in [-0.05, 0) is 48.0 Å². The molecule has 1 amide bonds. The van der Waals surface area contributed by atoms with Gasteiger partial charge in [0.25, 0.3) is 5.91 Å². The molecule has 0 atom stereocenters. The maximum atomic E-state index is 12.7. The van der Waals surface area contributed by atoms with E-state index in [0.29, 0.717) is 5.56 Å². The number of aromatic nitrogens is 1. The fourth-order valence-corrected chi connectivity index (χ4v) is 3.58. The Labute approximate surface area is 158 Å². The molecule has 0 aliphatic rings. The van der Waals surface area contributed by atoms with Crippen molar-refractivity contribution in [2.45, 2.75) is 11.4 Å². The summed E-state index contributed by atoms with van der Waals surface area (Å²) in [6.45, 7) is 0.146. The van der Waals surface area contributed by atoms with Crippen LogP contribution >= 0.6 is 0 Å². The number of para-hydroxylation sites is 1. The third kappa shape index (κ3) is 4.58. The topological polar surface area (TPSA) is 79.4 Å². The standard InChI is InChI=1S/C20H19N3O3S/c1-23(18-7-3-2-4-8-18)20(24)17-6-5-9-19(14-17)27(25,26)22-15-16-10-12-21-13-11-16/h2-14,22H,15H2,1H3. The monoisotopic (exact) mass is 381 g/mol. The molecule has 0 saturated carbocycles. The van der Waals surface area contributed by atoms with E-state index in [2.05, 4.69) is 9.71 Å². The molecule has 0 unspecified atom stereocenters. The molecule has 0 aliphatic heterocycles. The number of carbonyl (C=O) groups excluding carboxylic acids is 1. The minimum absolute atomic E-state index is 0.0452. The zero-order chi connectivity index (χ0) is 19.3. The van der Waals surface area contributed by atoms with Crippen LogP contribution in [0.25, 0.3) is 0 Å². The summed E-state index contributed by atoms with van der Waals surface area (Å²) >= 11 is 0. The van der Waals surface area contributed by atoms with Crippen LogP contribution in [-0.2, 0) is 16.6 Å². The molecular weight excluding hydrogens is 362 g/mol. The minimum atomic E-state index is -3.75. The van der Waals surface area contributed by atoms with E-state index in [1.165, 1.54) is 17.0 Å². The molecule has 7 heteroatoms. The van der Waals surface area contributed by atoms with E-state index in [1.54, 1.807) is 43.7 Å². The summed E-state index contributed by atoms with van der Waals surface area (Å²) in [5.41, 5.74) is 1.82. The molecule has 1 aromatic heterocycles. The van der Waals surface area contributed by atoms with Crippen LogP contribution in [0.15, 0.2) is 84.0 Å². The van der Waals surface area contributed by atoms with E-state index in [0.717, 1.165) is 11.3 Å². The molecule has 6 nitrogen and oxygen atoms in total. The molecule has 3 aromatic rings. The van der Waals surface area contributed by atoms with Crippen LogP contribution in [0.3, 0.4) is 0 Å². The number of sulfonamides is 1. The molecule has 0 aliphatic carbocycles. The van der Waals surface area contributed by atoms with Crippen LogP contribution in [0, 0.1) is 0 Å². The quantitative estimate of drug-likeness (QED) is 0.712. The van der Waals surface area contributed by atoms with Crippen molar-refractivity contribution in [1.29, 1.82) is 0 Å². The van der Waals surface area contributed by atoms with Gasteiger partial charge in [-0.2, -0.15) is 0 Å². The summed E-state index contributed by atoms with van der Waals surface area (Å²) < 4.78 is 27.7. The first-order valence-corrected chi connectivity index (χ1v) is 9.77. The highest BCUT2D eigenvalue weighted by molar-refractivity contribution is 7.89. The highest BCUT2D eigenvalue weighted by Crippen LogP contribution is 2.17. The molecule has 138 valence electrons. The van der Waals surface area contributed by atoms with Crippen LogP contribution < -0.4 is 9.62 Å². The van der Waals surface area contributed by atoms with Crippen molar-refractivity contribution in [3.63, 3.8) is 0 Å². The lowest BCUT2D eigenvalue weighted by Gasteiger charge is -2.17. The summed E-state index contributed by atoms with van der Waals surface area (Å²) in [5.74, 6) is -0.285. The predicted molar refractivity (Wildman–Crippen MR) is 104 cm³/mol. The summed E-state index contributed by atoms with van der Waals surface area (Å²) in [6.07, 6.45) is 3.20. The van der Waals surface area contributed by atoms with Gasteiger partial charge in [0.05, 0.1) is 4.90 Å². The maximum Gasteiger partial charge on any atom is 0.258 e. The first-order chi connectivity index (χ1) is 13.0. The van der Waals surface area contributed by atoms with Crippen molar-refractivity contribution in [3.8, 4) is 0 Å². The van der Waals surface area contributed by atoms with Crippen molar-refractivity contribution >= 4 is 21.6 Å². The molecule has 1 N–H and O–H groups in total. The second kappa shape index (κ2) is 8.11. The lowest BCUT2D eigenvalue weighted by atomic mass is 10.2. The first-order valence-electron chi connectivity index (χ1n) is 8.29. The fourth-order valence-electron chi connectivity index (χ4n) is 2.52. The number of hydrogen-bond donors (Lipinski definition) is 1. The van der Waals surface area contributed by atoms with Gasteiger partial charge in [-0.3, -0.25) is 9.78 Å². The Morgan fingerprint density at radius 2 is 1.70 bits per heavy atom. The molecular formula is C20H19N3O3S. The smallest absolute Gasteiger partial charge is 0.258 e. The number of benzene rings is 2. The Kier molecular flexibility index (Phi) is 5.63. The van der Waals surface area contributed by atoms with Gasteiger partial charge in [-0.25, -0.2) is 13.1 Å². The Morgan fingerprint density at radius 1 is 1.00 bits per heavy atom.